The quantitative estimate of drug-likeness (QED) is 0.754. The molecule has 1 heterocycles. The average molecular weight is 345 g/mol. The molecule has 0 bridgehead atoms. The fourth-order valence-electron chi connectivity index (χ4n) is 0.893. The number of nitrogens with zero attached hydrogens (tertiary/aromatic N) is 5. The maximum Gasteiger partial charge on any atom is 4.00 e. The molecule has 0 amide bonds. The van der Waals surface area contributed by atoms with Gasteiger partial charge in [-0.15, -0.1) is 0 Å². The van der Waals surface area contributed by atoms with E-state index in [2.05, 4.69) is 40.0 Å². The van der Waals surface area contributed by atoms with Crippen LogP contribution >= 0.6 is 0 Å². The van der Waals surface area contributed by atoms with Crippen molar-refractivity contribution in [3.63, 3.8) is 0 Å². The van der Waals surface area contributed by atoms with Crippen molar-refractivity contribution in [3.05, 3.63) is 33.4 Å². The summed E-state index contributed by atoms with van der Waals surface area (Å²) in [6.07, 6.45) is 1.80. The molecule has 0 N–H and O–H groups in total. The molecule has 22 heavy (non-hydrogen) atoms. The Balaban J connectivity index is -0.000000107. The van der Waals surface area contributed by atoms with Crippen LogP contribution in [-0.4, -0.2) is 45.9 Å². The zero-order chi connectivity index (χ0) is 17.1. The Labute approximate surface area is 153 Å². The summed E-state index contributed by atoms with van der Waals surface area (Å²) in [5, 5.41) is 19.0. The van der Waals surface area contributed by atoms with Gasteiger partial charge in [-0.05, 0) is 12.8 Å². The minimum Gasteiger partial charge on any atom is -0.665 e. The summed E-state index contributed by atoms with van der Waals surface area (Å²) in [6.45, 7) is 15.2. The predicted octanol–water partition coefficient (Wildman–Crippen LogP) is 4.50. The second-order valence-electron chi connectivity index (χ2n) is 4.46. The van der Waals surface area contributed by atoms with E-state index in [9.17, 15) is 0 Å². The van der Waals surface area contributed by atoms with E-state index in [1.807, 2.05) is 27.7 Å². The molecule has 0 aliphatic heterocycles. The van der Waals surface area contributed by atoms with E-state index in [-0.39, 0.29) is 21.7 Å². The van der Waals surface area contributed by atoms with Gasteiger partial charge in [-0.1, -0.05) is 40.2 Å². The molecule has 0 spiro atoms. The van der Waals surface area contributed by atoms with Gasteiger partial charge < -0.3 is 26.1 Å². The van der Waals surface area contributed by atoms with E-state index < -0.39 is 0 Å². The standard InChI is InChI=1S/C7H11N2.3C3H8N.Ti/c1-5(2)7-6(3)4-8-9-7;3*1-3-4-2;/h4-5H,1-3H3;3*3H2,1-2H3;/q4*-1;+4. The summed E-state index contributed by atoms with van der Waals surface area (Å²) >= 11 is 0. The van der Waals surface area contributed by atoms with Crippen molar-refractivity contribution in [2.45, 2.75) is 47.5 Å². The van der Waals surface area contributed by atoms with Gasteiger partial charge in [0.15, 0.2) is 0 Å². The summed E-state index contributed by atoms with van der Waals surface area (Å²) in [5.41, 5.74) is 2.32. The van der Waals surface area contributed by atoms with Crippen molar-refractivity contribution < 1.29 is 21.7 Å². The molecule has 1 rings (SSSR count). The Morgan fingerprint density at radius 2 is 1.27 bits per heavy atom. The van der Waals surface area contributed by atoms with Gasteiger partial charge in [0.2, 0.25) is 0 Å². The van der Waals surface area contributed by atoms with E-state index in [1.165, 1.54) is 5.56 Å². The number of hydrogen-bond donors (Lipinski definition) is 0. The molecule has 0 unspecified atom stereocenters. The van der Waals surface area contributed by atoms with Crippen molar-refractivity contribution in [3.8, 4) is 0 Å². The summed E-state index contributed by atoms with van der Waals surface area (Å²) in [5.74, 6) is 0.507. The van der Waals surface area contributed by atoms with Crippen LogP contribution in [0.4, 0.5) is 0 Å². The van der Waals surface area contributed by atoms with Gasteiger partial charge in [0.25, 0.3) is 0 Å². The first-order chi connectivity index (χ1) is 9.96. The van der Waals surface area contributed by atoms with Crippen LogP contribution in [0.5, 0.6) is 0 Å². The molecule has 0 saturated heterocycles. The maximum atomic E-state index is 3.97. The molecular formula is C16H35N5Ti. The van der Waals surface area contributed by atoms with Gasteiger partial charge >= 0.3 is 21.7 Å². The first kappa shape index (κ1) is 29.8. The minimum absolute atomic E-state index is 0. The zero-order valence-electron chi connectivity index (χ0n) is 16.0. The van der Waals surface area contributed by atoms with Crippen LogP contribution in [0, 0.1) is 6.92 Å². The van der Waals surface area contributed by atoms with Gasteiger partial charge in [0, 0.05) is 5.69 Å². The molecule has 0 saturated carbocycles. The van der Waals surface area contributed by atoms with E-state index in [4.69, 9.17) is 0 Å². The molecule has 1 aromatic heterocycles. The van der Waals surface area contributed by atoms with E-state index in [0.717, 1.165) is 25.3 Å². The van der Waals surface area contributed by atoms with Crippen molar-refractivity contribution in [1.82, 2.24) is 10.2 Å². The number of aryl methyl sites for hydroxylation is 1. The van der Waals surface area contributed by atoms with Crippen molar-refractivity contribution in [2.75, 3.05) is 40.8 Å². The molecule has 5 nitrogen and oxygen atoms in total. The number of rotatable bonds is 4. The number of aromatic nitrogens is 2. The SMILES string of the molecule is CC[N-]C.CC[N-]C.CC[N-]C.Cc1c[n-]nc1C(C)C.[Ti+4]. The van der Waals surface area contributed by atoms with Crippen molar-refractivity contribution in [2.24, 2.45) is 0 Å². The second kappa shape index (κ2) is 25.7. The van der Waals surface area contributed by atoms with E-state index in [1.54, 1.807) is 27.3 Å². The van der Waals surface area contributed by atoms with Gasteiger partial charge in [-0.3, -0.25) is 0 Å². The van der Waals surface area contributed by atoms with Gasteiger partial charge in [0.1, 0.15) is 0 Å². The molecule has 0 aliphatic rings. The molecule has 0 radical (unpaired) electrons. The maximum absolute atomic E-state index is 3.97. The molecule has 0 aromatic carbocycles. The molecule has 6 heteroatoms. The zero-order valence-corrected chi connectivity index (χ0v) is 17.6. The minimum atomic E-state index is 0. The normalized spacial score (nSPS) is 8.45. The van der Waals surface area contributed by atoms with Crippen molar-refractivity contribution in [1.29, 1.82) is 0 Å². The average Bonchev–Trinajstić information content (AvgIpc) is 2.94. The summed E-state index contributed by atoms with van der Waals surface area (Å²) < 4.78 is 0. The molecular weight excluding hydrogens is 310 g/mol. The summed E-state index contributed by atoms with van der Waals surface area (Å²) in [4.78, 5) is 0. The first-order valence-electron chi connectivity index (χ1n) is 7.58. The third-order valence-corrected chi connectivity index (χ3v) is 2.32. The van der Waals surface area contributed by atoms with Crippen LogP contribution in [0.2, 0.25) is 0 Å². The Bertz CT molecular complexity index is 262. The largest absolute Gasteiger partial charge is 4.00 e. The van der Waals surface area contributed by atoms with E-state index in [0.29, 0.717) is 5.92 Å². The second-order valence-corrected chi connectivity index (χ2v) is 4.46. The molecule has 0 fully saturated rings. The Kier molecular flexibility index (Phi) is 34.8. The summed E-state index contributed by atoms with van der Waals surface area (Å²) in [7, 11) is 5.42. The van der Waals surface area contributed by atoms with Crippen molar-refractivity contribution >= 4 is 0 Å². The molecule has 0 aliphatic carbocycles. The summed E-state index contributed by atoms with van der Waals surface area (Å²) in [6, 6.07) is 0. The molecule has 1 aromatic rings. The van der Waals surface area contributed by atoms with Crippen LogP contribution in [0.25, 0.3) is 16.0 Å². The van der Waals surface area contributed by atoms with Crippen LogP contribution < -0.4 is 5.10 Å². The van der Waals surface area contributed by atoms with Gasteiger partial charge in [-0.2, -0.15) is 47.0 Å². The molecule has 128 valence electrons. The van der Waals surface area contributed by atoms with E-state index >= 15 is 0 Å². The topological polar surface area (TPSA) is 69.3 Å². The predicted molar refractivity (Wildman–Crippen MR) is 95.9 cm³/mol. The Hall–Kier alpha value is -0.196. The third-order valence-electron chi connectivity index (χ3n) is 2.32. The fraction of sp³-hybridized carbons (Fsp3) is 0.812. The number of hydrogen-bond acceptors (Lipinski definition) is 1. The molecule has 0 atom stereocenters. The monoisotopic (exact) mass is 345 g/mol. The first-order valence-corrected chi connectivity index (χ1v) is 7.58. The van der Waals surface area contributed by atoms with Crippen LogP contribution in [0.15, 0.2) is 6.20 Å². The van der Waals surface area contributed by atoms with Crippen LogP contribution in [0.3, 0.4) is 0 Å². The van der Waals surface area contributed by atoms with Gasteiger partial charge in [-0.25, -0.2) is 0 Å². The van der Waals surface area contributed by atoms with Crippen LogP contribution in [0.1, 0.15) is 51.8 Å². The Morgan fingerprint density at radius 1 is 0.955 bits per heavy atom. The van der Waals surface area contributed by atoms with Crippen LogP contribution in [-0.2, 0) is 21.7 Å². The Morgan fingerprint density at radius 3 is 1.36 bits per heavy atom. The third kappa shape index (κ3) is 24.8. The fourth-order valence-corrected chi connectivity index (χ4v) is 0.893. The van der Waals surface area contributed by atoms with Gasteiger partial charge in [0.05, 0.1) is 0 Å². The smallest absolute Gasteiger partial charge is 0.665 e.